The first-order chi connectivity index (χ1) is 8.84. The molecule has 3 nitrogen and oxygen atoms in total. The van der Waals surface area contributed by atoms with Crippen molar-refractivity contribution >= 4 is 11.0 Å². The monoisotopic (exact) mass is 236 g/mol. The van der Waals surface area contributed by atoms with Crippen molar-refractivity contribution < 1.29 is 5.11 Å². The number of fused-ring (bicyclic) bond motifs is 1. The summed E-state index contributed by atoms with van der Waals surface area (Å²) in [6.45, 7) is 0. The average Bonchev–Trinajstić information content (AvgIpc) is 2.47. The van der Waals surface area contributed by atoms with Gasteiger partial charge in [0.15, 0.2) is 0 Å². The van der Waals surface area contributed by atoms with Gasteiger partial charge < -0.3 is 5.11 Å². The minimum Gasteiger partial charge on any atom is -0.384 e. The smallest absolute Gasteiger partial charge is 0.104 e. The third-order valence-electron chi connectivity index (χ3n) is 2.92. The van der Waals surface area contributed by atoms with Gasteiger partial charge in [0.05, 0.1) is 11.0 Å². The number of hydrogen-bond donors (Lipinski definition) is 1. The number of rotatable bonds is 2. The third kappa shape index (κ3) is 1.96. The van der Waals surface area contributed by atoms with Crippen LogP contribution in [-0.2, 0) is 0 Å². The van der Waals surface area contributed by atoms with Gasteiger partial charge in [-0.3, -0.25) is 9.97 Å². The normalized spacial score (nSPS) is 12.5. The molecule has 0 aliphatic carbocycles. The molecule has 0 fully saturated rings. The quantitative estimate of drug-likeness (QED) is 0.744. The fraction of sp³-hybridized carbons (Fsp3) is 0.0667. The van der Waals surface area contributed by atoms with Crippen molar-refractivity contribution in [3.05, 3.63) is 72.1 Å². The Balaban J connectivity index is 2.04. The lowest BCUT2D eigenvalue weighted by atomic mass is 10.0. The van der Waals surface area contributed by atoms with Gasteiger partial charge in [-0.15, -0.1) is 0 Å². The Morgan fingerprint density at radius 1 is 0.778 bits per heavy atom. The van der Waals surface area contributed by atoms with Crippen molar-refractivity contribution in [1.29, 1.82) is 0 Å². The molecule has 3 heteroatoms. The second-order valence-electron chi connectivity index (χ2n) is 4.12. The van der Waals surface area contributed by atoms with Crippen LogP contribution in [0.1, 0.15) is 17.2 Å². The first-order valence-electron chi connectivity index (χ1n) is 5.78. The van der Waals surface area contributed by atoms with E-state index in [0.29, 0.717) is 0 Å². The van der Waals surface area contributed by atoms with Crippen LogP contribution in [0.25, 0.3) is 11.0 Å². The zero-order chi connectivity index (χ0) is 12.4. The predicted octanol–water partition coefficient (Wildman–Crippen LogP) is 2.71. The van der Waals surface area contributed by atoms with Gasteiger partial charge in [0.1, 0.15) is 6.10 Å². The van der Waals surface area contributed by atoms with Crippen LogP contribution < -0.4 is 0 Å². The van der Waals surface area contributed by atoms with Crippen LogP contribution in [0.3, 0.4) is 0 Å². The van der Waals surface area contributed by atoms with Crippen molar-refractivity contribution in [2.24, 2.45) is 0 Å². The first kappa shape index (κ1) is 10.9. The van der Waals surface area contributed by atoms with E-state index in [9.17, 15) is 5.11 Å². The molecular formula is C15H12N2O. The van der Waals surface area contributed by atoms with Gasteiger partial charge in [-0.25, -0.2) is 0 Å². The van der Waals surface area contributed by atoms with E-state index in [2.05, 4.69) is 9.97 Å². The SMILES string of the molecule is OC(c1ccccc1)c1ccc2nccnc2c1. The Kier molecular flexibility index (Phi) is 2.74. The summed E-state index contributed by atoms with van der Waals surface area (Å²) in [5, 5.41) is 10.3. The number of hydrogen-bond acceptors (Lipinski definition) is 3. The highest BCUT2D eigenvalue weighted by atomic mass is 16.3. The molecule has 1 atom stereocenters. The molecule has 1 N–H and O–H groups in total. The Labute approximate surface area is 105 Å². The van der Waals surface area contributed by atoms with E-state index in [1.54, 1.807) is 12.4 Å². The molecule has 88 valence electrons. The van der Waals surface area contributed by atoms with Crippen LogP contribution in [0.15, 0.2) is 60.9 Å². The summed E-state index contributed by atoms with van der Waals surface area (Å²) in [5.74, 6) is 0. The van der Waals surface area contributed by atoms with Gasteiger partial charge in [0.25, 0.3) is 0 Å². The average molecular weight is 236 g/mol. The minimum atomic E-state index is -0.627. The van der Waals surface area contributed by atoms with E-state index < -0.39 is 6.10 Å². The molecule has 1 unspecified atom stereocenters. The first-order valence-corrected chi connectivity index (χ1v) is 5.78. The maximum atomic E-state index is 10.3. The predicted molar refractivity (Wildman–Crippen MR) is 70.0 cm³/mol. The highest BCUT2D eigenvalue weighted by Gasteiger charge is 2.10. The number of aliphatic hydroxyl groups excluding tert-OH is 1. The van der Waals surface area contributed by atoms with Crippen LogP contribution >= 0.6 is 0 Å². The van der Waals surface area contributed by atoms with E-state index in [1.165, 1.54) is 0 Å². The van der Waals surface area contributed by atoms with Gasteiger partial charge >= 0.3 is 0 Å². The van der Waals surface area contributed by atoms with E-state index in [4.69, 9.17) is 0 Å². The summed E-state index contributed by atoms with van der Waals surface area (Å²) in [6, 6.07) is 15.2. The minimum absolute atomic E-state index is 0.627. The molecule has 1 aromatic heterocycles. The molecule has 18 heavy (non-hydrogen) atoms. The van der Waals surface area contributed by atoms with Crippen molar-refractivity contribution in [3.63, 3.8) is 0 Å². The number of aromatic nitrogens is 2. The van der Waals surface area contributed by atoms with Crippen LogP contribution in [-0.4, -0.2) is 15.1 Å². The van der Waals surface area contributed by atoms with Crippen LogP contribution in [0, 0.1) is 0 Å². The molecule has 2 aromatic carbocycles. The van der Waals surface area contributed by atoms with Gasteiger partial charge in [-0.1, -0.05) is 36.4 Å². The summed E-state index contributed by atoms with van der Waals surface area (Å²) in [4.78, 5) is 8.45. The summed E-state index contributed by atoms with van der Waals surface area (Å²) < 4.78 is 0. The topological polar surface area (TPSA) is 46.0 Å². The van der Waals surface area contributed by atoms with E-state index >= 15 is 0 Å². The maximum Gasteiger partial charge on any atom is 0.104 e. The zero-order valence-corrected chi connectivity index (χ0v) is 9.69. The fourth-order valence-corrected chi connectivity index (χ4v) is 1.98. The van der Waals surface area contributed by atoms with E-state index in [0.717, 1.165) is 22.2 Å². The molecule has 0 saturated heterocycles. The lowest BCUT2D eigenvalue weighted by molar-refractivity contribution is 0.220. The summed E-state index contributed by atoms with van der Waals surface area (Å²) in [7, 11) is 0. The molecule has 0 bridgehead atoms. The lowest BCUT2D eigenvalue weighted by Gasteiger charge is -2.11. The Hall–Kier alpha value is -2.26. The van der Waals surface area contributed by atoms with Crippen molar-refractivity contribution in [3.8, 4) is 0 Å². The highest BCUT2D eigenvalue weighted by Crippen LogP contribution is 2.23. The molecule has 0 saturated carbocycles. The number of aliphatic hydroxyl groups is 1. The lowest BCUT2D eigenvalue weighted by Crippen LogP contribution is -1.99. The molecule has 0 aliphatic heterocycles. The van der Waals surface area contributed by atoms with Crippen molar-refractivity contribution in [1.82, 2.24) is 9.97 Å². The van der Waals surface area contributed by atoms with Gasteiger partial charge in [0.2, 0.25) is 0 Å². The largest absolute Gasteiger partial charge is 0.384 e. The van der Waals surface area contributed by atoms with Crippen LogP contribution in [0.5, 0.6) is 0 Å². The maximum absolute atomic E-state index is 10.3. The molecule has 0 spiro atoms. The molecule has 0 radical (unpaired) electrons. The zero-order valence-electron chi connectivity index (χ0n) is 9.69. The standard InChI is InChI=1S/C15H12N2O/c18-15(11-4-2-1-3-5-11)12-6-7-13-14(10-12)17-9-8-16-13/h1-10,15,18H. The van der Waals surface area contributed by atoms with Crippen LogP contribution in [0.2, 0.25) is 0 Å². The van der Waals surface area contributed by atoms with E-state index in [1.807, 2.05) is 48.5 Å². The Morgan fingerprint density at radius 3 is 2.28 bits per heavy atom. The summed E-state index contributed by atoms with van der Waals surface area (Å²) >= 11 is 0. The highest BCUT2D eigenvalue weighted by molar-refractivity contribution is 5.74. The molecular weight excluding hydrogens is 224 g/mol. The third-order valence-corrected chi connectivity index (χ3v) is 2.92. The van der Waals surface area contributed by atoms with Crippen molar-refractivity contribution in [2.45, 2.75) is 6.10 Å². The van der Waals surface area contributed by atoms with Gasteiger partial charge in [-0.2, -0.15) is 0 Å². The van der Waals surface area contributed by atoms with E-state index in [-0.39, 0.29) is 0 Å². The van der Waals surface area contributed by atoms with Crippen molar-refractivity contribution in [2.75, 3.05) is 0 Å². The fourth-order valence-electron chi connectivity index (χ4n) is 1.98. The van der Waals surface area contributed by atoms with Crippen LogP contribution in [0.4, 0.5) is 0 Å². The Bertz CT molecular complexity index is 667. The number of benzene rings is 2. The molecule has 0 aliphatic rings. The summed E-state index contributed by atoms with van der Waals surface area (Å²) in [6.07, 6.45) is 2.69. The van der Waals surface area contributed by atoms with Gasteiger partial charge in [-0.05, 0) is 23.3 Å². The summed E-state index contributed by atoms with van der Waals surface area (Å²) in [5.41, 5.74) is 3.33. The van der Waals surface area contributed by atoms with Gasteiger partial charge in [0, 0.05) is 12.4 Å². The Morgan fingerprint density at radius 2 is 1.50 bits per heavy atom. The second-order valence-corrected chi connectivity index (χ2v) is 4.12. The second kappa shape index (κ2) is 4.55. The molecule has 1 heterocycles. The number of nitrogens with zero attached hydrogens (tertiary/aromatic N) is 2. The molecule has 3 aromatic rings. The molecule has 0 amide bonds. The molecule has 3 rings (SSSR count).